The molecule has 0 aliphatic rings. The summed E-state index contributed by atoms with van der Waals surface area (Å²) in [5.41, 5.74) is 1.01. The van der Waals surface area contributed by atoms with E-state index >= 15 is 0 Å². The van der Waals surface area contributed by atoms with Gasteiger partial charge in [0.1, 0.15) is 6.33 Å². The SMILES string of the molecule is Cn1ncn2nccc12. The van der Waals surface area contributed by atoms with Gasteiger partial charge in [-0.25, -0.2) is 9.20 Å². The molecule has 0 saturated carbocycles. The van der Waals surface area contributed by atoms with Gasteiger partial charge >= 0.3 is 0 Å². The Morgan fingerprint density at radius 1 is 1.44 bits per heavy atom. The van der Waals surface area contributed by atoms with Gasteiger partial charge in [-0.2, -0.15) is 10.2 Å². The quantitative estimate of drug-likeness (QED) is 0.495. The van der Waals surface area contributed by atoms with E-state index in [1.54, 1.807) is 21.7 Å². The minimum absolute atomic E-state index is 1.01. The van der Waals surface area contributed by atoms with E-state index < -0.39 is 0 Å². The highest BCUT2D eigenvalue weighted by molar-refractivity contribution is 5.34. The largest absolute Gasteiger partial charge is 0.249 e. The molecule has 2 rings (SSSR count). The second-order valence-electron chi connectivity index (χ2n) is 1.89. The molecule has 0 unspecified atom stereocenters. The van der Waals surface area contributed by atoms with Gasteiger partial charge in [-0.05, 0) is 0 Å². The van der Waals surface area contributed by atoms with Crippen LogP contribution in [0.5, 0.6) is 0 Å². The molecular formula is C5H6N4. The molecule has 2 heterocycles. The number of hydrogen-bond acceptors (Lipinski definition) is 2. The zero-order valence-electron chi connectivity index (χ0n) is 5.02. The predicted octanol–water partition coefficient (Wildman–Crippen LogP) is 0.0678. The fraction of sp³-hybridized carbons (Fsp3) is 0.200. The summed E-state index contributed by atoms with van der Waals surface area (Å²) in [6.07, 6.45) is 3.42. The second kappa shape index (κ2) is 1.34. The third-order valence-electron chi connectivity index (χ3n) is 1.32. The molecule has 0 aliphatic heterocycles. The molecule has 0 bridgehead atoms. The van der Waals surface area contributed by atoms with Crippen molar-refractivity contribution in [2.45, 2.75) is 0 Å². The van der Waals surface area contributed by atoms with Crippen LogP contribution >= 0.6 is 0 Å². The van der Waals surface area contributed by atoms with Gasteiger partial charge < -0.3 is 0 Å². The molecule has 0 saturated heterocycles. The van der Waals surface area contributed by atoms with Crippen molar-refractivity contribution in [1.82, 2.24) is 19.4 Å². The third-order valence-corrected chi connectivity index (χ3v) is 1.32. The molecule has 0 N–H and O–H groups in total. The van der Waals surface area contributed by atoms with Gasteiger partial charge in [0.15, 0.2) is 5.65 Å². The molecule has 0 radical (unpaired) electrons. The molecule has 2 aromatic heterocycles. The van der Waals surface area contributed by atoms with E-state index in [0.717, 1.165) is 5.65 Å². The number of rotatable bonds is 0. The van der Waals surface area contributed by atoms with E-state index in [1.165, 1.54) is 0 Å². The van der Waals surface area contributed by atoms with E-state index in [-0.39, 0.29) is 0 Å². The zero-order chi connectivity index (χ0) is 6.27. The maximum absolute atomic E-state index is 3.97. The number of aryl methyl sites for hydroxylation is 1. The van der Waals surface area contributed by atoms with Crippen LogP contribution in [0, 0.1) is 0 Å². The summed E-state index contributed by atoms with van der Waals surface area (Å²) in [5, 5.41) is 7.95. The van der Waals surface area contributed by atoms with Gasteiger partial charge in [-0.3, -0.25) is 0 Å². The highest BCUT2D eigenvalue weighted by atomic mass is 15.4. The molecule has 0 amide bonds. The average Bonchev–Trinajstić information content (AvgIpc) is 2.35. The Kier molecular flexibility index (Phi) is 0.677. The predicted molar refractivity (Wildman–Crippen MR) is 32.0 cm³/mol. The smallest absolute Gasteiger partial charge is 0.153 e. The lowest BCUT2D eigenvalue weighted by atomic mass is 10.7. The van der Waals surface area contributed by atoms with Crippen LogP contribution in [0.25, 0.3) is 5.65 Å². The molecule has 0 atom stereocenters. The molecular weight excluding hydrogens is 116 g/mol. The Labute approximate surface area is 51.7 Å². The summed E-state index contributed by atoms with van der Waals surface area (Å²) in [4.78, 5) is 0. The van der Waals surface area contributed by atoms with Crippen LogP contribution in [0.2, 0.25) is 0 Å². The average molecular weight is 122 g/mol. The summed E-state index contributed by atoms with van der Waals surface area (Å²) in [7, 11) is 1.89. The molecule has 2 aromatic rings. The molecule has 0 aromatic carbocycles. The maximum atomic E-state index is 3.97. The molecule has 0 fully saturated rings. The van der Waals surface area contributed by atoms with Crippen molar-refractivity contribution < 1.29 is 0 Å². The maximum Gasteiger partial charge on any atom is 0.153 e. The summed E-state index contributed by atoms with van der Waals surface area (Å²) in [6, 6.07) is 1.91. The molecule has 46 valence electrons. The van der Waals surface area contributed by atoms with Crippen LogP contribution in [0.1, 0.15) is 0 Å². The number of fused-ring (bicyclic) bond motifs is 1. The summed E-state index contributed by atoms with van der Waals surface area (Å²) >= 11 is 0. The Morgan fingerprint density at radius 2 is 2.33 bits per heavy atom. The molecule has 4 heteroatoms. The minimum atomic E-state index is 1.01. The molecule has 9 heavy (non-hydrogen) atoms. The van der Waals surface area contributed by atoms with Crippen molar-refractivity contribution >= 4 is 5.65 Å². The Hall–Kier alpha value is -1.32. The lowest BCUT2D eigenvalue weighted by Gasteiger charge is -1.82. The van der Waals surface area contributed by atoms with Crippen molar-refractivity contribution in [1.29, 1.82) is 0 Å². The van der Waals surface area contributed by atoms with Gasteiger partial charge in [-0.1, -0.05) is 0 Å². The topological polar surface area (TPSA) is 35.1 Å². The summed E-state index contributed by atoms with van der Waals surface area (Å²) in [6.45, 7) is 0. The lowest BCUT2D eigenvalue weighted by Crippen LogP contribution is -1.87. The third kappa shape index (κ3) is 0.468. The number of aromatic nitrogens is 4. The monoisotopic (exact) mass is 122 g/mol. The minimum Gasteiger partial charge on any atom is -0.249 e. The van der Waals surface area contributed by atoms with Crippen LogP contribution in [-0.2, 0) is 7.05 Å². The molecule has 0 aliphatic carbocycles. The van der Waals surface area contributed by atoms with Crippen molar-refractivity contribution in [2.75, 3.05) is 0 Å². The van der Waals surface area contributed by atoms with Crippen LogP contribution in [-0.4, -0.2) is 19.4 Å². The first-order valence-electron chi connectivity index (χ1n) is 2.69. The highest BCUT2D eigenvalue weighted by Crippen LogP contribution is 1.95. The fourth-order valence-corrected chi connectivity index (χ4v) is 0.838. The van der Waals surface area contributed by atoms with Gasteiger partial charge in [0.25, 0.3) is 0 Å². The molecule has 4 nitrogen and oxygen atoms in total. The van der Waals surface area contributed by atoms with Crippen molar-refractivity contribution in [3.05, 3.63) is 18.6 Å². The number of hydrogen-bond donors (Lipinski definition) is 0. The van der Waals surface area contributed by atoms with Gasteiger partial charge in [-0.15, -0.1) is 0 Å². The van der Waals surface area contributed by atoms with Gasteiger partial charge in [0.2, 0.25) is 0 Å². The van der Waals surface area contributed by atoms with Crippen LogP contribution in [0.15, 0.2) is 18.6 Å². The normalized spacial score (nSPS) is 10.8. The van der Waals surface area contributed by atoms with E-state index in [1.807, 2.05) is 13.1 Å². The molecule has 0 spiro atoms. The first-order chi connectivity index (χ1) is 4.38. The lowest BCUT2D eigenvalue weighted by molar-refractivity contribution is 0.797. The fourth-order valence-electron chi connectivity index (χ4n) is 0.838. The summed E-state index contributed by atoms with van der Waals surface area (Å²) in [5.74, 6) is 0. The Bertz CT molecular complexity index is 318. The van der Waals surface area contributed by atoms with E-state index in [9.17, 15) is 0 Å². The zero-order valence-corrected chi connectivity index (χ0v) is 5.02. The number of nitrogens with zero attached hydrogens (tertiary/aromatic N) is 4. The van der Waals surface area contributed by atoms with Crippen LogP contribution < -0.4 is 0 Å². The Morgan fingerprint density at radius 3 is 3.11 bits per heavy atom. The van der Waals surface area contributed by atoms with Gasteiger partial charge in [0, 0.05) is 13.1 Å². The highest BCUT2D eigenvalue weighted by Gasteiger charge is 1.94. The van der Waals surface area contributed by atoms with Crippen molar-refractivity contribution in [2.24, 2.45) is 7.05 Å². The van der Waals surface area contributed by atoms with E-state index in [0.29, 0.717) is 0 Å². The summed E-state index contributed by atoms with van der Waals surface area (Å²) < 4.78 is 3.49. The van der Waals surface area contributed by atoms with Crippen molar-refractivity contribution in [3.63, 3.8) is 0 Å². The first kappa shape index (κ1) is 4.55. The second-order valence-corrected chi connectivity index (χ2v) is 1.89. The van der Waals surface area contributed by atoms with E-state index in [2.05, 4.69) is 10.2 Å². The van der Waals surface area contributed by atoms with Crippen LogP contribution in [0.3, 0.4) is 0 Å². The van der Waals surface area contributed by atoms with E-state index in [4.69, 9.17) is 0 Å². The first-order valence-corrected chi connectivity index (χ1v) is 2.69. The van der Waals surface area contributed by atoms with Crippen LogP contribution in [0.4, 0.5) is 0 Å². The van der Waals surface area contributed by atoms with Gasteiger partial charge in [0.05, 0.1) is 6.20 Å². The standard InChI is InChI=1S/C5H6N4/c1-8-5-2-3-6-9(5)4-7-8/h2-4H,1H3. The Balaban J connectivity index is 2.99. The van der Waals surface area contributed by atoms with Crippen molar-refractivity contribution in [3.8, 4) is 0 Å².